The summed E-state index contributed by atoms with van der Waals surface area (Å²) < 4.78 is 25.1. The van der Waals surface area contributed by atoms with Crippen LogP contribution in [0.4, 0.5) is 5.69 Å². The number of rotatable bonds is 4. The van der Waals surface area contributed by atoms with Gasteiger partial charge in [0, 0.05) is 6.04 Å². The van der Waals surface area contributed by atoms with Crippen LogP contribution in [0.3, 0.4) is 0 Å². The molecule has 1 heterocycles. The molecule has 0 saturated carbocycles. The second-order valence-electron chi connectivity index (χ2n) is 5.47. The molecule has 0 spiro atoms. The van der Waals surface area contributed by atoms with E-state index in [4.69, 9.17) is 0 Å². The van der Waals surface area contributed by atoms with E-state index in [-0.39, 0.29) is 24.4 Å². The van der Waals surface area contributed by atoms with E-state index in [0.717, 1.165) is 25.8 Å². The largest absolute Gasteiger partial charge is 0.349 e. The van der Waals surface area contributed by atoms with Crippen LogP contribution in [0.5, 0.6) is 0 Å². The van der Waals surface area contributed by atoms with Crippen LogP contribution in [0.15, 0.2) is 24.3 Å². The topological polar surface area (TPSA) is 87.3 Å². The average Bonchev–Trinajstić information content (AvgIpc) is 2.40. The summed E-state index contributed by atoms with van der Waals surface area (Å²) in [4.78, 5) is 12.4. The van der Waals surface area contributed by atoms with Crippen LogP contribution >= 0.6 is 12.4 Å². The van der Waals surface area contributed by atoms with Crippen LogP contribution < -0.4 is 15.4 Å². The van der Waals surface area contributed by atoms with Gasteiger partial charge in [0.25, 0.3) is 5.91 Å². The van der Waals surface area contributed by atoms with Crippen molar-refractivity contribution in [1.82, 2.24) is 10.6 Å². The van der Waals surface area contributed by atoms with Crippen molar-refractivity contribution < 1.29 is 13.2 Å². The molecule has 22 heavy (non-hydrogen) atoms. The first kappa shape index (κ1) is 18.7. The number of para-hydroxylation sites is 1. The summed E-state index contributed by atoms with van der Waals surface area (Å²) in [5.41, 5.74) is 0.646. The van der Waals surface area contributed by atoms with Crippen molar-refractivity contribution in [3.8, 4) is 0 Å². The van der Waals surface area contributed by atoms with Crippen molar-refractivity contribution in [2.24, 2.45) is 5.92 Å². The van der Waals surface area contributed by atoms with Crippen molar-refractivity contribution in [2.75, 3.05) is 24.1 Å². The number of sulfonamides is 1. The summed E-state index contributed by atoms with van der Waals surface area (Å²) in [6.45, 7) is 3.82. The highest BCUT2D eigenvalue weighted by atomic mass is 35.5. The molecule has 0 aliphatic carbocycles. The van der Waals surface area contributed by atoms with Gasteiger partial charge in [0.15, 0.2) is 0 Å². The normalized spacial score (nSPS) is 21.5. The van der Waals surface area contributed by atoms with Crippen molar-refractivity contribution in [2.45, 2.75) is 19.4 Å². The smallest absolute Gasteiger partial charge is 0.253 e. The van der Waals surface area contributed by atoms with Gasteiger partial charge in [-0.2, -0.15) is 0 Å². The zero-order valence-electron chi connectivity index (χ0n) is 12.6. The van der Waals surface area contributed by atoms with Crippen molar-refractivity contribution in [3.05, 3.63) is 29.8 Å². The first-order valence-corrected chi connectivity index (χ1v) is 8.84. The van der Waals surface area contributed by atoms with E-state index in [2.05, 4.69) is 22.3 Å². The van der Waals surface area contributed by atoms with Crippen molar-refractivity contribution in [3.63, 3.8) is 0 Å². The maximum Gasteiger partial charge on any atom is 0.253 e. The molecule has 0 radical (unpaired) electrons. The Morgan fingerprint density at radius 3 is 2.64 bits per heavy atom. The number of benzene rings is 1. The number of carbonyl (C=O) groups is 1. The molecule has 6 nitrogen and oxygen atoms in total. The first-order valence-electron chi connectivity index (χ1n) is 6.95. The standard InChI is InChI=1S/C14H21N3O3S.ClH/c1-10-9-15-8-7-12(10)16-14(18)11-5-3-4-6-13(11)17-21(2,19)20;/h3-6,10,12,15,17H,7-9H2,1-2H3,(H,16,18);1H. The minimum Gasteiger partial charge on any atom is -0.349 e. The van der Waals surface area contributed by atoms with Crippen LogP contribution in [-0.2, 0) is 10.0 Å². The molecule has 0 aromatic heterocycles. The molecule has 1 aromatic rings. The van der Waals surface area contributed by atoms with Gasteiger partial charge < -0.3 is 10.6 Å². The second kappa shape index (κ2) is 7.80. The number of piperidine rings is 1. The van der Waals surface area contributed by atoms with E-state index in [1.54, 1.807) is 24.3 Å². The molecule has 1 aromatic carbocycles. The van der Waals surface area contributed by atoms with Crippen LogP contribution in [0.25, 0.3) is 0 Å². The molecule has 1 fully saturated rings. The summed E-state index contributed by atoms with van der Waals surface area (Å²) in [6, 6.07) is 6.72. The van der Waals surface area contributed by atoms with Crippen molar-refractivity contribution >= 4 is 34.0 Å². The number of anilines is 1. The van der Waals surface area contributed by atoms with Gasteiger partial charge in [0.2, 0.25) is 10.0 Å². The summed E-state index contributed by atoms with van der Waals surface area (Å²) in [6.07, 6.45) is 1.94. The number of halogens is 1. The Morgan fingerprint density at radius 2 is 2.00 bits per heavy atom. The fourth-order valence-corrected chi connectivity index (χ4v) is 3.02. The van der Waals surface area contributed by atoms with Gasteiger partial charge in [0.1, 0.15) is 0 Å². The first-order chi connectivity index (χ1) is 9.87. The number of nitrogens with one attached hydrogen (secondary N) is 3. The Balaban J connectivity index is 0.00000242. The van der Waals surface area contributed by atoms with Gasteiger partial charge in [-0.25, -0.2) is 8.42 Å². The number of amides is 1. The van der Waals surface area contributed by atoms with E-state index < -0.39 is 10.0 Å². The maximum atomic E-state index is 12.4. The number of hydrogen-bond donors (Lipinski definition) is 3. The van der Waals surface area contributed by atoms with Gasteiger partial charge in [-0.05, 0) is 37.6 Å². The lowest BCUT2D eigenvalue weighted by atomic mass is 9.95. The Hall–Kier alpha value is -1.31. The summed E-state index contributed by atoms with van der Waals surface area (Å²) >= 11 is 0. The molecular weight excluding hydrogens is 326 g/mol. The molecule has 1 aliphatic heterocycles. The average molecular weight is 348 g/mol. The molecule has 124 valence electrons. The summed E-state index contributed by atoms with van der Waals surface area (Å²) in [5, 5.41) is 6.27. The SMILES string of the molecule is CC1CNCCC1NC(=O)c1ccccc1NS(C)(=O)=O.Cl. The Bertz CT molecular complexity index is 622. The minimum absolute atomic E-state index is 0. The molecule has 3 N–H and O–H groups in total. The molecule has 1 aliphatic rings. The minimum atomic E-state index is -3.42. The second-order valence-corrected chi connectivity index (χ2v) is 7.22. The lowest BCUT2D eigenvalue weighted by Crippen LogP contribution is -2.48. The predicted molar refractivity (Wildman–Crippen MR) is 90.1 cm³/mol. The van der Waals surface area contributed by atoms with Crippen LogP contribution in [0, 0.1) is 5.92 Å². The van der Waals surface area contributed by atoms with Gasteiger partial charge in [-0.3, -0.25) is 9.52 Å². The van der Waals surface area contributed by atoms with Crippen molar-refractivity contribution in [1.29, 1.82) is 0 Å². The van der Waals surface area contributed by atoms with Gasteiger partial charge in [0.05, 0.1) is 17.5 Å². The van der Waals surface area contributed by atoms with Crippen LogP contribution in [0.2, 0.25) is 0 Å². The lowest BCUT2D eigenvalue weighted by molar-refractivity contribution is 0.0915. The molecule has 2 rings (SSSR count). The van der Waals surface area contributed by atoms with E-state index in [9.17, 15) is 13.2 Å². The Morgan fingerprint density at radius 1 is 1.32 bits per heavy atom. The molecule has 8 heteroatoms. The quantitative estimate of drug-likeness (QED) is 0.764. The van der Waals surface area contributed by atoms with Gasteiger partial charge in [-0.1, -0.05) is 19.1 Å². The van der Waals surface area contributed by atoms with Crippen LogP contribution in [-0.4, -0.2) is 39.7 Å². The highest BCUT2D eigenvalue weighted by Crippen LogP contribution is 2.18. The maximum absolute atomic E-state index is 12.4. The molecule has 2 unspecified atom stereocenters. The molecule has 0 bridgehead atoms. The Labute approximate surface area is 137 Å². The number of carbonyl (C=O) groups excluding carboxylic acids is 1. The van der Waals surface area contributed by atoms with Crippen LogP contribution in [0.1, 0.15) is 23.7 Å². The van der Waals surface area contributed by atoms with E-state index in [1.165, 1.54) is 0 Å². The fraction of sp³-hybridized carbons (Fsp3) is 0.500. The van der Waals surface area contributed by atoms with Gasteiger partial charge >= 0.3 is 0 Å². The molecular formula is C14H22ClN3O3S. The van der Waals surface area contributed by atoms with Gasteiger partial charge in [-0.15, -0.1) is 12.4 Å². The Kier molecular flexibility index (Phi) is 6.65. The lowest BCUT2D eigenvalue weighted by Gasteiger charge is -2.30. The zero-order chi connectivity index (χ0) is 15.5. The molecule has 1 amide bonds. The number of hydrogen-bond acceptors (Lipinski definition) is 4. The zero-order valence-corrected chi connectivity index (χ0v) is 14.3. The third-order valence-electron chi connectivity index (χ3n) is 3.57. The third kappa shape index (κ3) is 5.15. The highest BCUT2D eigenvalue weighted by molar-refractivity contribution is 7.92. The summed E-state index contributed by atoms with van der Waals surface area (Å²) in [7, 11) is -3.42. The molecule has 2 atom stereocenters. The molecule has 1 saturated heterocycles. The fourth-order valence-electron chi connectivity index (χ4n) is 2.44. The third-order valence-corrected chi connectivity index (χ3v) is 4.16. The highest BCUT2D eigenvalue weighted by Gasteiger charge is 2.24. The van der Waals surface area contributed by atoms with E-state index in [1.807, 2.05) is 0 Å². The monoisotopic (exact) mass is 347 g/mol. The van der Waals surface area contributed by atoms with E-state index >= 15 is 0 Å². The predicted octanol–water partition coefficient (Wildman–Crippen LogP) is 1.21. The summed E-state index contributed by atoms with van der Waals surface area (Å²) in [5.74, 6) is 0.0956. The van der Waals surface area contributed by atoms with E-state index in [0.29, 0.717) is 17.2 Å².